The number of fused-ring (bicyclic) bond motifs is 1. The van der Waals surface area contributed by atoms with Crippen molar-refractivity contribution in [3.8, 4) is 5.75 Å². The number of pyridine rings is 1. The lowest BCUT2D eigenvalue weighted by Crippen LogP contribution is -2.30. The van der Waals surface area contributed by atoms with Gasteiger partial charge in [-0.2, -0.15) is 0 Å². The van der Waals surface area contributed by atoms with Crippen molar-refractivity contribution in [1.82, 2.24) is 10.3 Å². The van der Waals surface area contributed by atoms with Crippen LogP contribution in [0, 0.1) is 3.57 Å². The van der Waals surface area contributed by atoms with Crippen molar-refractivity contribution in [3.63, 3.8) is 0 Å². The minimum absolute atomic E-state index is 0.00740. The predicted molar refractivity (Wildman–Crippen MR) is 106 cm³/mol. The molecule has 136 valence electrons. The summed E-state index contributed by atoms with van der Waals surface area (Å²) >= 11 is 2.03. The lowest BCUT2D eigenvalue weighted by atomic mass is 10.0. The third kappa shape index (κ3) is 3.75. The van der Waals surface area contributed by atoms with E-state index < -0.39 is 35.6 Å². The van der Waals surface area contributed by atoms with Gasteiger partial charge >= 0.3 is 5.97 Å². The molecule has 8 heteroatoms. The number of carbonyl (C=O) groups is 3. The van der Waals surface area contributed by atoms with Crippen LogP contribution >= 0.6 is 22.6 Å². The van der Waals surface area contributed by atoms with Gasteiger partial charge < -0.3 is 15.5 Å². The SMILES string of the molecule is O=C(O)CNC(=O)c1nc(C(=O)c2ccccc2I)c2ccccc2c1O. The Morgan fingerprint density at radius 2 is 1.59 bits per heavy atom. The fourth-order valence-electron chi connectivity index (χ4n) is 2.59. The van der Waals surface area contributed by atoms with Crippen LogP contribution in [-0.4, -0.2) is 39.4 Å². The van der Waals surface area contributed by atoms with Gasteiger partial charge in [-0.15, -0.1) is 0 Å². The van der Waals surface area contributed by atoms with Crippen LogP contribution in [0.3, 0.4) is 0 Å². The van der Waals surface area contributed by atoms with Crippen LogP contribution < -0.4 is 5.32 Å². The second-order valence-electron chi connectivity index (χ2n) is 5.59. The van der Waals surface area contributed by atoms with Gasteiger partial charge in [0.25, 0.3) is 5.91 Å². The first-order chi connectivity index (χ1) is 12.9. The number of nitrogens with zero attached hydrogens (tertiary/aromatic N) is 1. The van der Waals surface area contributed by atoms with Crippen molar-refractivity contribution in [3.05, 3.63) is 69.1 Å². The van der Waals surface area contributed by atoms with E-state index in [1.54, 1.807) is 48.5 Å². The molecule has 0 atom stereocenters. The maximum absolute atomic E-state index is 13.1. The zero-order valence-corrected chi connectivity index (χ0v) is 15.9. The summed E-state index contributed by atoms with van der Waals surface area (Å²) in [7, 11) is 0. The Morgan fingerprint density at radius 1 is 0.963 bits per heavy atom. The molecule has 3 N–H and O–H groups in total. The number of carbonyl (C=O) groups excluding carboxylic acids is 2. The number of aromatic hydroxyl groups is 1. The lowest BCUT2D eigenvalue weighted by molar-refractivity contribution is -0.135. The largest absolute Gasteiger partial charge is 0.505 e. The Hall–Kier alpha value is -3.01. The molecule has 0 saturated heterocycles. The maximum Gasteiger partial charge on any atom is 0.322 e. The van der Waals surface area contributed by atoms with Gasteiger partial charge in [-0.05, 0) is 34.7 Å². The summed E-state index contributed by atoms with van der Waals surface area (Å²) in [4.78, 5) is 40.1. The average Bonchev–Trinajstić information content (AvgIpc) is 2.66. The molecule has 3 rings (SSSR count). The first-order valence-electron chi connectivity index (χ1n) is 7.81. The van der Waals surface area contributed by atoms with Crippen LogP contribution in [0.1, 0.15) is 26.5 Å². The van der Waals surface area contributed by atoms with E-state index in [2.05, 4.69) is 10.3 Å². The third-order valence-electron chi connectivity index (χ3n) is 3.83. The number of aromatic nitrogens is 1. The van der Waals surface area contributed by atoms with Crippen molar-refractivity contribution < 1.29 is 24.6 Å². The minimum Gasteiger partial charge on any atom is -0.505 e. The van der Waals surface area contributed by atoms with Gasteiger partial charge in [-0.3, -0.25) is 14.4 Å². The third-order valence-corrected chi connectivity index (χ3v) is 4.77. The molecule has 2 aromatic carbocycles. The highest BCUT2D eigenvalue weighted by Gasteiger charge is 2.24. The summed E-state index contributed by atoms with van der Waals surface area (Å²) < 4.78 is 0.718. The van der Waals surface area contributed by atoms with Gasteiger partial charge in [-0.1, -0.05) is 36.4 Å². The fraction of sp³-hybridized carbons (Fsp3) is 0.0526. The van der Waals surface area contributed by atoms with Crippen molar-refractivity contribution in [1.29, 1.82) is 0 Å². The van der Waals surface area contributed by atoms with Crippen LogP contribution in [0.4, 0.5) is 0 Å². The van der Waals surface area contributed by atoms with Gasteiger partial charge in [-0.25, -0.2) is 4.98 Å². The summed E-state index contributed by atoms with van der Waals surface area (Å²) in [5.41, 5.74) is 0.0237. The van der Waals surface area contributed by atoms with Crippen molar-refractivity contribution >= 4 is 51.0 Å². The quantitative estimate of drug-likeness (QED) is 0.385. The molecule has 0 bridgehead atoms. The average molecular weight is 476 g/mol. The molecular weight excluding hydrogens is 463 g/mol. The fourth-order valence-corrected chi connectivity index (χ4v) is 3.22. The standard InChI is InChI=1S/C19H13IN2O5/c20-13-8-4-3-7-12(13)18(26)15-10-5-1-2-6-11(10)17(25)16(22-15)19(27)21-9-14(23)24/h1-8,25H,9H2,(H,21,27)(H,23,24). The van der Waals surface area contributed by atoms with Crippen molar-refractivity contribution in [2.75, 3.05) is 6.54 Å². The monoisotopic (exact) mass is 476 g/mol. The minimum atomic E-state index is -1.24. The molecule has 0 aliphatic carbocycles. The number of carboxylic acid groups (broad SMARTS) is 1. The van der Waals surface area contributed by atoms with E-state index in [9.17, 15) is 19.5 Å². The topological polar surface area (TPSA) is 117 Å². The molecule has 1 amide bonds. The van der Waals surface area contributed by atoms with E-state index in [1.165, 1.54) is 0 Å². The second-order valence-corrected chi connectivity index (χ2v) is 6.75. The van der Waals surface area contributed by atoms with E-state index >= 15 is 0 Å². The number of hydrogen-bond acceptors (Lipinski definition) is 5. The molecule has 0 aliphatic heterocycles. The normalized spacial score (nSPS) is 10.6. The molecule has 1 heterocycles. The summed E-state index contributed by atoms with van der Waals surface area (Å²) in [6.45, 7) is -0.632. The van der Waals surface area contributed by atoms with Crippen LogP contribution in [0.2, 0.25) is 0 Å². The zero-order valence-electron chi connectivity index (χ0n) is 13.8. The van der Waals surface area contributed by atoms with Gasteiger partial charge in [0.2, 0.25) is 5.78 Å². The van der Waals surface area contributed by atoms with E-state index in [0.29, 0.717) is 10.9 Å². The van der Waals surface area contributed by atoms with E-state index in [0.717, 1.165) is 3.57 Å². The lowest BCUT2D eigenvalue weighted by Gasteiger charge is -2.12. The molecular formula is C19H13IN2O5. The number of benzene rings is 2. The molecule has 0 spiro atoms. The Kier molecular flexibility index (Phi) is 5.36. The zero-order chi connectivity index (χ0) is 19.6. The van der Waals surface area contributed by atoms with Gasteiger partial charge in [0, 0.05) is 19.9 Å². The van der Waals surface area contributed by atoms with Crippen molar-refractivity contribution in [2.24, 2.45) is 0 Å². The number of nitrogens with one attached hydrogen (secondary N) is 1. The highest BCUT2D eigenvalue weighted by atomic mass is 127. The molecule has 3 aromatic rings. The van der Waals surface area contributed by atoms with Crippen LogP contribution in [0.25, 0.3) is 10.8 Å². The molecule has 0 unspecified atom stereocenters. The second kappa shape index (κ2) is 7.70. The number of rotatable bonds is 5. The number of hydrogen-bond donors (Lipinski definition) is 3. The number of aliphatic carboxylic acids is 1. The molecule has 7 nitrogen and oxygen atoms in total. The van der Waals surface area contributed by atoms with E-state index in [4.69, 9.17) is 5.11 Å². The van der Waals surface area contributed by atoms with Gasteiger partial charge in [0.05, 0.1) is 0 Å². The maximum atomic E-state index is 13.1. The molecule has 27 heavy (non-hydrogen) atoms. The Morgan fingerprint density at radius 3 is 2.26 bits per heavy atom. The number of amides is 1. The smallest absolute Gasteiger partial charge is 0.322 e. The summed E-state index contributed by atoms with van der Waals surface area (Å²) in [5, 5.41) is 22.0. The predicted octanol–water partition coefficient (Wildman–Crippen LogP) is 2.59. The van der Waals surface area contributed by atoms with Crippen LogP contribution in [0.15, 0.2) is 48.5 Å². The molecule has 0 saturated carbocycles. The Bertz CT molecular complexity index is 1080. The van der Waals surface area contributed by atoms with Gasteiger partial charge in [0.15, 0.2) is 11.4 Å². The van der Waals surface area contributed by atoms with Crippen molar-refractivity contribution in [2.45, 2.75) is 0 Å². The summed E-state index contributed by atoms with van der Waals surface area (Å²) in [6, 6.07) is 13.5. The first kappa shape index (κ1) is 18.8. The number of halogens is 1. The molecule has 0 fully saturated rings. The number of ketones is 1. The van der Waals surface area contributed by atoms with Crippen LogP contribution in [0.5, 0.6) is 5.75 Å². The molecule has 0 radical (unpaired) electrons. The van der Waals surface area contributed by atoms with Crippen LogP contribution in [-0.2, 0) is 4.79 Å². The molecule has 1 aromatic heterocycles. The molecule has 0 aliphatic rings. The number of carboxylic acids is 1. The Balaban J connectivity index is 2.19. The summed E-state index contributed by atoms with van der Waals surface area (Å²) in [6.07, 6.45) is 0. The highest BCUT2D eigenvalue weighted by Crippen LogP contribution is 2.31. The van der Waals surface area contributed by atoms with E-state index in [1.807, 2.05) is 22.6 Å². The Labute approximate surface area is 167 Å². The summed E-state index contributed by atoms with van der Waals surface area (Å²) in [5.74, 6) is -2.92. The highest BCUT2D eigenvalue weighted by molar-refractivity contribution is 14.1. The first-order valence-corrected chi connectivity index (χ1v) is 8.89. The van der Waals surface area contributed by atoms with Gasteiger partial charge in [0.1, 0.15) is 12.2 Å². The van der Waals surface area contributed by atoms with E-state index in [-0.39, 0.29) is 11.1 Å².